The van der Waals surface area contributed by atoms with Crippen molar-refractivity contribution in [1.29, 1.82) is 0 Å². The van der Waals surface area contributed by atoms with Gasteiger partial charge in [-0.3, -0.25) is 10.1 Å². The number of nitrogens with one attached hydrogen (secondary N) is 1. The lowest BCUT2D eigenvalue weighted by atomic mass is 10.1. The predicted octanol–water partition coefficient (Wildman–Crippen LogP) is 4.56. The molecule has 0 amide bonds. The van der Waals surface area contributed by atoms with E-state index in [0.717, 1.165) is 21.8 Å². The maximum Gasteiger partial charge on any atom is 0.305 e. The second-order valence-corrected chi connectivity index (χ2v) is 5.34. The number of hydrogen-bond donors (Lipinski definition) is 1. The number of anilines is 1. The summed E-state index contributed by atoms with van der Waals surface area (Å²) >= 11 is 3.35. The van der Waals surface area contributed by atoms with E-state index in [4.69, 9.17) is 0 Å². The largest absolute Gasteiger partial charge is 0.380 e. The number of halogens is 3. The average molecular weight is 357 g/mol. The zero-order chi connectivity index (χ0) is 15.6. The van der Waals surface area contributed by atoms with E-state index in [0.29, 0.717) is 6.07 Å². The van der Waals surface area contributed by atoms with Crippen LogP contribution in [0.4, 0.5) is 20.2 Å². The molecule has 0 saturated carbocycles. The third-order valence-electron chi connectivity index (χ3n) is 2.90. The van der Waals surface area contributed by atoms with Gasteiger partial charge in [0.2, 0.25) is 5.82 Å². The molecular formula is C14H11BrF2N2O2. The summed E-state index contributed by atoms with van der Waals surface area (Å²) < 4.78 is 27.7. The number of aryl methyl sites for hydroxylation is 1. The van der Waals surface area contributed by atoms with E-state index in [2.05, 4.69) is 21.2 Å². The summed E-state index contributed by atoms with van der Waals surface area (Å²) in [5, 5.41) is 13.6. The molecule has 7 heteroatoms. The highest BCUT2D eigenvalue weighted by atomic mass is 79.9. The monoisotopic (exact) mass is 356 g/mol. The van der Waals surface area contributed by atoms with Crippen LogP contribution in [0.25, 0.3) is 0 Å². The molecule has 2 aromatic carbocycles. The summed E-state index contributed by atoms with van der Waals surface area (Å²) in [5.74, 6) is -2.01. The molecule has 0 fully saturated rings. The van der Waals surface area contributed by atoms with E-state index in [1.54, 1.807) is 0 Å². The molecule has 2 rings (SSSR count). The Hall–Kier alpha value is -2.02. The zero-order valence-electron chi connectivity index (χ0n) is 11.0. The van der Waals surface area contributed by atoms with Crippen LogP contribution >= 0.6 is 15.9 Å². The van der Waals surface area contributed by atoms with Crippen LogP contribution in [0.1, 0.15) is 11.1 Å². The summed E-state index contributed by atoms with van der Waals surface area (Å²) in [6.45, 7) is 1.91. The second-order valence-electron chi connectivity index (χ2n) is 4.49. The van der Waals surface area contributed by atoms with Crippen molar-refractivity contribution in [3.63, 3.8) is 0 Å². The van der Waals surface area contributed by atoms with Crippen molar-refractivity contribution in [1.82, 2.24) is 0 Å². The molecule has 0 heterocycles. The van der Waals surface area contributed by atoms with Crippen LogP contribution < -0.4 is 5.32 Å². The smallest absolute Gasteiger partial charge is 0.305 e. The van der Waals surface area contributed by atoms with Crippen molar-refractivity contribution >= 4 is 27.3 Å². The van der Waals surface area contributed by atoms with E-state index < -0.39 is 22.2 Å². The Kier molecular flexibility index (Phi) is 4.52. The number of benzene rings is 2. The van der Waals surface area contributed by atoms with E-state index in [1.807, 2.05) is 25.1 Å². The Morgan fingerprint density at radius 1 is 1.24 bits per heavy atom. The predicted molar refractivity (Wildman–Crippen MR) is 79.2 cm³/mol. The Morgan fingerprint density at radius 3 is 2.62 bits per heavy atom. The lowest BCUT2D eigenvalue weighted by Gasteiger charge is -2.10. The molecule has 0 aliphatic carbocycles. The van der Waals surface area contributed by atoms with Crippen molar-refractivity contribution in [2.24, 2.45) is 0 Å². The highest BCUT2D eigenvalue weighted by molar-refractivity contribution is 9.10. The summed E-state index contributed by atoms with van der Waals surface area (Å²) in [4.78, 5) is 9.80. The quantitative estimate of drug-likeness (QED) is 0.645. The van der Waals surface area contributed by atoms with Gasteiger partial charge in [0.1, 0.15) is 5.82 Å². The average Bonchev–Trinajstić information content (AvgIpc) is 2.41. The van der Waals surface area contributed by atoms with Gasteiger partial charge in [0.05, 0.1) is 4.92 Å². The molecule has 0 saturated heterocycles. The molecule has 110 valence electrons. The summed E-state index contributed by atoms with van der Waals surface area (Å²) in [6.07, 6.45) is 0. The molecule has 2 aromatic rings. The first-order valence-corrected chi connectivity index (χ1v) is 6.80. The maximum atomic E-state index is 13.7. The minimum atomic E-state index is -1.18. The first-order chi connectivity index (χ1) is 9.88. The number of hydrogen-bond acceptors (Lipinski definition) is 3. The normalized spacial score (nSPS) is 10.5. The summed E-state index contributed by atoms with van der Waals surface area (Å²) in [7, 11) is 0. The van der Waals surface area contributed by atoms with E-state index in [9.17, 15) is 18.9 Å². The summed E-state index contributed by atoms with van der Waals surface area (Å²) in [6, 6.07) is 7.02. The van der Waals surface area contributed by atoms with Gasteiger partial charge in [0, 0.05) is 34.4 Å². The van der Waals surface area contributed by atoms with Gasteiger partial charge < -0.3 is 5.32 Å². The van der Waals surface area contributed by atoms with Crippen molar-refractivity contribution < 1.29 is 13.7 Å². The zero-order valence-corrected chi connectivity index (χ0v) is 12.6. The number of nitro groups is 1. The topological polar surface area (TPSA) is 55.2 Å². The van der Waals surface area contributed by atoms with E-state index in [-0.39, 0.29) is 12.1 Å². The second kappa shape index (κ2) is 6.17. The lowest BCUT2D eigenvalue weighted by molar-refractivity contribution is -0.387. The van der Waals surface area contributed by atoms with E-state index >= 15 is 0 Å². The third-order valence-corrected chi connectivity index (χ3v) is 3.60. The SMILES string of the molecule is Cc1ccc(Br)c(NCc2cc([N+](=O)[O-])c(F)cc2F)c1. The van der Waals surface area contributed by atoms with Crippen LogP contribution in [0.3, 0.4) is 0 Å². The Balaban J connectivity index is 2.25. The van der Waals surface area contributed by atoms with Crippen LogP contribution in [0.2, 0.25) is 0 Å². The fraction of sp³-hybridized carbons (Fsp3) is 0.143. The maximum absolute atomic E-state index is 13.7. The number of rotatable bonds is 4. The minimum Gasteiger partial charge on any atom is -0.380 e. The molecule has 4 nitrogen and oxygen atoms in total. The molecule has 0 aliphatic rings. The Morgan fingerprint density at radius 2 is 1.95 bits per heavy atom. The van der Waals surface area contributed by atoms with Gasteiger partial charge >= 0.3 is 5.69 Å². The van der Waals surface area contributed by atoms with Gasteiger partial charge in [-0.15, -0.1) is 0 Å². The third kappa shape index (κ3) is 3.55. The fourth-order valence-electron chi connectivity index (χ4n) is 1.82. The highest BCUT2D eigenvalue weighted by Crippen LogP contribution is 2.26. The van der Waals surface area contributed by atoms with Gasteiger partial charge in [0.25, 0.3) is 0 Å². The standard InChI is InChI=1S/C14H11BrF2N2O2/c1-8-2-3-10(15)13(4-8)18-7-9-5-14(19(20)21)12(17)6-11(9)16/h2-6,18H,7H2,1H3. The molecule has 0 bridgehead atoms. The molecule has 21 heavy (non-hydrogen) atoms. The van der Waals surface area contributed by atoms with Crippen molar-refractivity contribution in [2.45, 2.75) is 13.5 Å². The van der Waals surface area contributed by atoms with Crippen LogP contribution in [0.5, 0.6) is 0 Å². The van der Waals surface area contributed by atoms with E-state index in [1.165, 1.54) is 0 Å². The lowest BCUT2D eigenvalue weighted by Crippen LogP contribution is -2.05. The number of nitro benzene ring substituents is 1. The van der Waals surface area contributed by atoms with Crippen LogP contribution in [0.15, 0.2) is 34.8 Å². The van der Waals surface area contributed by atoms with Gasteiger partial charge in [-0.25, -0.2) is 4.39 Å². The molecule has 0 spiro atoms. The summed E-state index contributed by atoms with van der Waals surface area (Å²) in [5.41, 5.74) is 1.01. The fourth-order valence-corrected chi connectivity index (χ4v) is 2.21. The van der Waals surface area contributed by atoms with Crippen LogP contribution in [-0.4, -0.2) is 4.92 Å². The van der Waals surface area contributed by atoms with Gasteiger partial charge in [-0.2, -0.15) is 4.39 Å². The Bertz CT molecular complexity index is 708. The minimum absolute atomic E-state index is 0.00894. The molecule has 0 unspecified atom stereocenters. The molecule has 0 atom stereocenters. The molecule has 0 aliphatic heterocycles. The first kappa shape index (κ1) is 15.4. The van der Waals surface area contributed by atoms with Crippen molar-refractivity contribution in [3.8, 4) is 0 Å². The first-order valence-electron chi connectivity index (χ1n) is 6.01. The van der Waals surface area contributed by atoms with Gasteiger partial charge in [-0.05, 0) is 40.5 Å². The van der Waals surface area contributed by atoms with Crippen molar-refractivity contribution in [2.75, 3.05) is 5.32 Å². The van der Waals surface area contributed by atoms with Crippen LogP contribution in [0, 0.1) is 28.7 Å². The Labute approximate surface area is 128 Å². The molecule has 0 aromatic heterocycles. The van der Waals surface area contributed by atoms with Gasteiger partial charge in [-0.1, -0.05) is 6.07 Å². The highest BCUT2D eigenvalue weighted by Gasteiger charge is 2.18. The molecular weight excluding hydrogens is 346 g/mol. The molecule has 0 radical (unpaired) electrons. The molecule has 1 N–H and O–H groups in total. The van der Waals surface area contributed by atoms with Crippen molar-refractivity contribution in [3.05, 3.63) is 67.7 Å². The van der Waals surface area contributed by atoms with Gasteiger partial charge in [0.15, 0.2) is 0 Å². The number of nitrogens with zero attached hydrogens (tertiary/aromatic N) is 1. The van der Waals surface area contributed by atoms with Crippen LogP contribution in [-0.2, 0) is 6.54 Å².